The molecule has 0 atom stereocenters. The predicted molar refractivity (Wildman–Crippen MR) is 34.4 cm³/mol. The number of aromatic nitrogens is 1. The van der Waals surface area contributed by atoms with Crippen molar-refractivity contribution in [3.63, 3.8) is 0 Å². The van der Waals surface area contributed by atoms with Gasteiger partial charge in [0, 0.05) is 11.9 Å². The summed E-state index contributed by atoms with van der Waals surface area (Å²) in [5, 5.41) is 1.08. The highest BCUT2D eigenvalue weighted by molar-refractivity contribution is 6.32. The SMILES string of the molecule is Cc1cc([Si])ccn1. The first-order valence-corrected chi connectivity index (χ1v) is 2.93. The molecule has 3 radical (unpaired) electrons. The van der Waals surface area contributed by atoms with Crippen molar-refractivity contribution in [3.05, 3.63) is 24.0 Å². The van der Waals surface area contributed by atoms with Crippen LogP contribution in [0.3, 0.4) is 0 Å². The summed E-state index contributed by atoms with van der Waals surface area (Å²) in [6.07, 6.45) is 1.78. The summed E-state index contributed by atoms with van der Waals surface area (Å²) in [6.45, 7) is 1.96. The molecule has 0 aliphatic rings. The molecule has 0 aromatic carbocycles. The number of rotatable bonds is 0. The van der Waals surface area contributed by atoms with Crippen molar-refractivity contribution in [1.29, 1.82) is 0 Å². The Labute approximate surface area is 52.2 Å². The summed E-state index contributed by atoms with van der Waals surface area (Å²) in [7, 11) is 3.37. The standard InChI is InChI=1S/C6H6NSi/c1-5-4-6(8)2-3-7-5/h2-4H,1H3. The summed E-state index contributed by atoms with van der Waals surface area (Å²) in [5.74, 6) is 0. The monoisotopic (exact) mass is 120 g/mol. The molecule has 1 rings (SSSR count). The molecule has 0 saturated carbocycles. The van der Waals surface area contributed by atoms with Gasteiger partial charge in [-0.15, -0.1) is 0 Å². The molecule has 1 heterocycles. The molecule has 0 saturated heterocycles. The van der Waals surface area contributed by atoms with E-state index in [2.05, 4.69) is 15.2 Å². The van der Waals surface area contributed by atoms with Crippen molar-refractivity contribution in [2.45, 2.75) is 6.92 Å². The summed E-state index contributed by atoms with van der Waals surface area (Å²) >= 11 is 0. The molecule has 1 aromatic heterocycles. The number of hydrogen-bond donors (Lipinski definition) is 0. The van der Waals surface area contributed by atoms with Crippen LogP contribution in [0.2, 0.25) is 0 Å². The molecule has 2 heteroatoms. The van der Waals surface area contributed by atoms with E-state index in [1.54, 1.807) is 6.20 Å². The van der Waals surface area contributed by atoms with E-state index in [0.29, 0.717) is 0 Å². The van der Waals surface area contributed by atoms with Gasteiger partial charge in [0.2, 0.25) is 0 Å². The topological polar surface area (TPSA) is 12.9 Å². The number of aryl methyl sites for hydroxylation is 1. The van der Waals surface area contributed by atoms with Crippen LogP contribution in [0.15, 0.2) is 18.3 Å². The first kappa shape index (κ1) is 5.50. The molecule has 0 bridgehead atoms. The van der Waals surface area contributed by atoms with E-state index in [1.807, 2.05) is 19.1 Å². The molecule has 0 amide bonds. The van der Waals surface area contributed by atoms with Crippen LogP contribution in [0.5, 0.6) is 0 Å². The van der Waals surface area contributed by atoms with Gasteiger partial charge in [-0.05, 0) is 19.1 Å². The summed E-state index contributed by atoms with van der Waals surface area (Å²) in [4.78, 5) is 4.01. The van der Waals surface area contributed by atoms with Gasteiger partial charge >= 0.3 is 0 Å². The average molecular weight is 120 g/mol. The van der Waals surface area contributed by atoms with Crippen LogP contribution >= 0.6 is 0 Å². The van der Waals surface area contributed by atoms with Crippen molar-refractivity contribution < 1.29 is 0 Å². The molecule has 0 N–H and O–H groups in total. The Morgan fingerprint density at radius 1 is 1.62 bits per heavy atom. The van der Waals surface area contributed by atoms with E-state index < -0.39 is 0 Å². The first-order valence-electron chi connectivity index (χ1n) is 2.43. The van der Waals surface area contributed by atoms with E-state index in [-0.39, 0.29) is 0 Å². The highest BCUT2D eigenvalue weighted by atomic mass is 28.1. The first-order chi connectivity index (χ1) is 3.79. The van der Waals surface area contributed by atoms with Gasteiger partial charge in [-0.2, -0.15) is 0 Å². The molecule has 8 heavy (non-hydrogen) atoms. The maximum Gasteiger partial charge on any atom is 0.0713 e. The van der Waals surface area contributed by atoms with E-state index in [4.69, 9.17) is 0 Å². The molecular weight excluding hydrogens is 114 g/mol. The lowest BCUT2D eigenvalue weighted by atomic mass is 10.4. The number of hydrogen-bond acceptors (Lipinski definition) is 1. The van der Waals surface area contributed by atoms with Crippen molar-refractivity contribution >= 4 is 15.4 Å². The van der Waals surface area contributed by atoms with Gasteiger partial charge in [0.05, 0.1) is 10.2 Å². The van der Waals surface area contributed by atoms with E-state index in [0.717, 1.165) is 10.9 Å². The maximum atomic E-state index is 4.01. The lowest BCUT2D eigenvalue weighted by Gasteiger charge is -1.89. The van der Waals surface area contributed by atoms with Crippen LogP contribution in [-0.2, 0) is 0 Å². The highest BCUT2D eigenvalue weighted by Crippen LogP contribution is 1.83. The van der Waals surface area contributed by atoms with Crippen molar-refractivity contribution in [1.82, 2.24) is 4.98 Å². The summed E-state index contributed by atoms with van der Waals surface area (Å²) in [5.41, 5.74) is 1.04. The Bertz CT molecular complexity index is 168. The largest absolute Gasteiger partial charge is 0.262 e. The van der Waals surface area contributed by atoms with Gasteiger partial charge in [-0.3, -0.25) is 4.98 Å². The maximum absolute atomic E-state index is 4.01. The van der Waals surface area contributed by atoms with E-state index in [9.17, 15) is 0 Å². The van der Waals surface area contributed by atoms with Crippen LogP contribution in [0.4, 0.5) is 0 Å². The third-order valence-corrected chi connectivity index (χ3v) is 1.21. The molecule has 0 aliphatic heterocycles. The Hall–Kier alpha value is -0.633. The van der Waals surface area contributed by atoms with Crippen LogP contribution in [0.25, 0.3) is 0 Å². The minimum Gasteiger partial charge on any atom is -0.262 e. The van der Waals surface area contributed by atoms with Crippen molar-refractivity contribution in [2.24, 2.45) is 0 Å². The fourth-order valence-electron chi connectivity index (χ4n) is 0.546. The second kappa shape index (κ2) is 2.09. The molecule has 0 fully saturated rings. The Kier molecular flexibility index (Phi) is 1.44. The number of nitrogens with zero attached hydrogens (tertiary/aromatic N) is 1. The van der Waals surface area contributed by atoms with Crippen LogP contribution in [0, 0.1) is 6.92 Å². The zero-order chi connectivity index (χ0) is 5.98. The molecular formula is C6H6NSi. The van der Waals surface area contributed by atoms with Gasteiger partial charge in [-0.1, -0.05) is 5.19 Å². The van der Waals surface area contributed by atoms with Crippen molar-refractivity contribution in [2.75, 3.05) is 0 Å². The fourth-order valence-corrected chi connectivity index (χ4v) is 0.829. The van der Waals surface area contributed by atoms with E-state index in [1.165, 1.54) is 0 Å². The van der Waals surface area contributed by atoms with Crippen molar-refractivity contribution in [3.8, 4) is 0 Å². The Balaban J connectivity index is 3.08. The van der Waals surface area contributed by atoms with Gasteiger partial charge in [-0.25, -0.2) is 0 Å². The molecule has 0 aliphatic carbocycles. The Morgan fingerprint density at radius 3 is 2.75 bits per heavy atom. The van der Waals surface area contributed by atoms with Crippen LogP contribution in [-0.4, -0.2) is 15.2 Å². The highest BCUT2D eigenvalue weighted by Gasteiger charge is 1.82. The zero-order valence-electron chi connectivity index (χ0n) is 4.68. The molecule has 0 spiro atoms. The zero-order valence-corrected chi connectivity index (χ0v) is 5.68. The van der Waals surface area contributed by atoms with Gasteiger partial charge in [0.1, 0.15) is 0 Å². The second-order valence-electron chi connectivity index (χ2n) is 1.69. The minimum atomic E-state index is 1.04. The second-order valence-corrected chi connectivity index (χ2v) is 2.26. The average Bonchev–Trinajstić information content (AvgIpc) is 1.64. The summed E-state index contributed by atoms with van der Waals surface area (Å²) < 4.78 is 0. The van der Waals surface area contributed by atoms with Gasteiger partial charge in [0.25, 0.3) is 0 Å². The van der Waals surface area contributed by atoms with Gasteiger partial charge in [0.15, 0.2) is 0 Å². The molecule has 1 nitrogen and oxygen atoms in total. The fraction of sp³-hybridized carbons (Fsp3) is 0.167. The normalized spacial score (nSPS) is 9.25. The summed E-state index contributed by atoms with van der Waals surface area (Å²) in [6, 6.07) is 3.88. The van der Waals surface area contributed by atoms with E-state index >= 15 is 0 Å². The quantitative estimate of drug-likeness (QED) is 0.445. The lowest BCUT2D eigenvalue weighted by molar-refractivity contribution is 1.21. The number of pyridine rings is 1. The third-order valence-electron chi connectivity index (χ3n) is 0.897. The lowest BCUT2D eigenvalue weighted by Crippen LogP contribution is -2.01. The van der Waals surface area contributed by atoms with Crippen LogP contribution in [0.1, 0.15) is 5.69 Å². The van der Waals surface area contributed by atoms with Gasteiger partial charge < -0.3 is 0 Å². The predicted octanol–water partition coefficient (Wildman–Crippen LogP) is 0.184. The van der Waals surface area contributed by atoms with Crippen LogP contribution < -0.4 is 5.19 Å². The smallest absolute Gasteiger partial charge is 0.0713 e. The minimum absolute atomic E-state index is 1.04. The third kappa shape index (κ3) is 1.17. The Morgan fingerprint density at radius 2 is 2.38 bits per heavy atom. The molecule has 1 aromatic rings. The molecule has 39 valence electrons. The molecule has 0 unspecified atom stereocenters.